The molecule has 1 aromatic carbocycles. The highest BCUT2D eigenvalue weighted by molar-refractivity contribution is 5.52. The van der Waals surface area contributed by atoms with Gasteiger partial charge in [-0.1, -0.05) is 0 Å². The van der Waals surface area contributed by atoms with Gasteiger partial charge in [0.25, 0.3) is 0 Å². The Hall–Kier alpha value is -3.23. The number of anilines is 3. The summed E-state index contributed by atoms with van der Waals surface area (Å²) in [5.74, 6) is -0.500. The van der Waals surface area contributed by atoms with Crippen LogP contribution in [-0.2, 0) is 6.54 Å². The third-order valence-electron chi connectivity index (χ3n) is 3.21. The first-order valence-corrected chi connectivity index (χ1v) is 7.00. The Bertz CT molecular complexity index is 802. The van der Waals surface area contributed by atoms with Crippen LogP contribution in [0.3, 0.4) is 0 Å². The van der Waals surface area contributed by atoms with E-state index in [1.165, 1.54) is 13.3 Å². The third-order valence-corrected chi connectivity index (χ3v) is 3.21. The van der Waals surface area contributed by atoms with Crippen molar-refractivity contribution in [3.05, 3.63) is 54.0 Å². The Morgan fingerprint density at radius 1 is 1.25 bits per heavy atom. The zero-order valence-electron chi connectivity index (χ0n) is 12.7. The summed E-state index contributed by atoms with van der Waals surface area (Å²) in [7, 11) is 1.35. The van der Waals surface area contributed by atoms with E-state index in [1.807, 2.05) is 0 Å². The van der Waals surface area contributed by atoms with Gasteiger partial charge in [-0.15, -0.1) is 0 Å². The van der Waals surface area contributed by atoms with Crippen LogP contribution in [0.1, 0.15) is 5.56 Å². The molecule has 7 nitrogen and oxygen atoms in total. The molecular weight excluding hydrogens is 318 g/mol. The number of hydrogen-bond donors (Lipinski definition) is 3. The monoisotopic (exact) mass is 332 g/mol. The van der Waals surface area contributed by atoms with Crippen LogP contribution < -0.4 is 15.4 Å². The summed E-state index contributed by atoms with van der Waals surface area (Å²) >= 11 is 0. The molecular formula is C15H14F2N6O. The predicted octanol–water partition coefficient (Wildman–Crippen LogP) is 2.84. The molecule has 0 bridgehead atoms. The van der Waals surface area contributed by atoms with E-state index in [1.54, 1.807) is 18.5 Å². The Morgan fingerprint density at radius 2 is 2.04 bits per heavy atom. The Morgan fingerprint density at radius 3 is 2.71 bits per heavy atom. The summed E-state index contributed by atoms with van der Waals surface area (Å²) in [5, 5.41) is 12.3. The van der Waals surface area contributed by atoms with Crippen LogP contribution in [-0.4, -0.2) is 27.3 Å². The van der Waals surface area contributed by atoms with Crippen molar-refractivity contribution < 1.29 is 13.5 Å². The average molecular weight is 332 g/mol. The third kappa shape index (κ3) is 3.57. The molecule has 0 aliphatic rings. The zero-order valence-corrected chi connectivity index (χ0v) is 12.7. The molecule has 0 saturated heterocycles. The molecule has 0 saturated carbocycles. The summed E-state index contributed by atoms with van der Waals surface area (Å²) in [6.45, 7) is -0.0657. The number of H-pyrrole nitrogens is 1. The predicted molar refractivity (Wildman–Crippen MR) is 84.1 cm³/mol. The van der Waals surface area contributed by atoms with Crippen LogP contribution >= 0.6 is 0 Å². The molecule has 3 aromatic rings. The summed E-state index contributed by atoms with van der Waals surface area (Å²) in [5.41, 5.74) is 0.596. The minimum Gasteiger partial charge on any atom is -0.497 e. The van der Waals surface area contributed by atoms with Gasteiger partial charge in [0.1, 0.15) is 23.2 Å². The quantitative estimate of drug-likeness (QED) is 0.643. The minimum atomic E-state index is -0.690. The number of nitrogens with zero attached hydrogens (tertiary/aromatic N) is 3. The highest BCUT2D eigenvalue weighted by Gasteiger charge is 2.12. The van der Waals surface area contributed by atoms with Gasteiger partial charge in [-0.2, -0.15) is 10.1 Å². The second kappa shape index (κ2) is 6.90. The van der Waals surface area contributed by atoms with Crippen molar-refractivity contribution in [2.75, 3.05) is 17.7 Å². The maximum Gasteiger partial charge on any atom is 0.229 e. The highest BCUT2D eigenvalue weighted by Crippen LogP contribution is 2.21. The summed E-state index contributed by atoms with van der Waals surface area (Å²) in [6, 6.07) is 3.86. The fourth-order valence-electron chi connectivity index (χ4n) is 2.01. The van der Waals surface area contributed by atoms with E-state index in [0.717, 1.165) is 12.1 Å². The van der Waals surface area contributed by atoms with Crippen LogP contribution in [0.2, 0.25) is 0 Å². The van der Waals surface area contributed by atoms with Crippen LogP contribution in [0.4, 0.5) is 26.2 Å². The van der Waals surface area contributed by atoms with Crippen molar-refractivity contribution in [3.8, 4) is 5.75 Å². The van der Waals surface area contributed by atoms with Gasteiger partial charge < -0.3 is 15.4 Å². The normalized spacial score (nSPS) is 10.5. The van der Waals surface area contributed by atoms with Gasteiger partial charge in [-0.25, -0.2) is 13.8 Å². The molecule has 3 rings (SSSR count). The van der Waals surface area contributed by atoms with E-state index in [0.29, 0.717) is 17.5 Å². The lowest BCUT2D eigenvalue weighted by atomic mass is 10.2. The fourth-order valence-corrected chi connectivity index (χ4v) is 2.01. The maximum atomic E-state index is 13.9. The lowest BCUT2D eigenvalue weighted by Crippen LogP contribution is -2.07. The molecule has 24 heavy (non-hydrogen) atoms. The van der Waals surface area contributed by atoms with E-state index in [-0.39, 0.29) is 17.9 Å². The standard InChI is InChI=1S/C15H14F2N6O/c1-24-10-4-12(16)11(13(17)5-10)8-19-14-2-3-18-15(23-14)22-9-6-20-21-7-9/h2-7H,8H2,1H3,(H,20,21)(H2,18,19,22,23). The first-order valence-electron chi connectivity index (χ1n) is 7.00. The molecule has 3 N–H and O–H groups in total. The molecule has 0 aliphatic carbocycles. The molecule has 0 spiro atoms. The average Bonchev–Trinajstić information content (AvgIpc) is 3.07. The Labute approximate surface area is 136 Å². The first kappa shape index (κ1) is 15.7. The molecule has 0 aliphatic heterocycles. The largest absolute Gasteiger partial charge is 0.497 e. The van der Waals surface area contributed by atoms with Gasteiger partial charge in [0.05, 0.1) is 19.0 Å². The molecule has 0 unspecified atom stereocenters. The number of nitrogens with one attached hydrogen (secondary N) is 3. The van der Waals surface area contributed by atoms with Crippen molar-refractivity contribution in [2.24, 2.45) is 0 Å². The number of benzene rings is 1. The molecule has 0 radical (unpaired) electrons. The second-order valence-corrected chi connectivity index (χ2v) is 4.80. The SMILES string of the molecule is COc1cc(F)c(CNc2ccnc(Nc3cn[nH]c3)n2)c(F)c1. The van der Waals surface area contributed by atoms with Crippen molar-refractivity contribution >= 4 is 17.5 Å². The van der Waals surface area contributed by atoms with Crippen molar-refractivity contribution in [3.63, 3.8) is 0 Å². The Balaban J connectivity index is 1.71. The van der Waals surface area contributed by atoms with Crippen LogP contribution in [0, 0.1) is 11.6 Å². The minimum absolute atomic E-state index is 0.0657. The van der Waals surface area contributed by atoms with Gasteiger partial charge in [-0.3, -0.25) is 5.10 Å². The molecule has 0 amide bonds. The van der Waals surface area contributed by atoms with E-state index >= 15 is 0 Å². The topological polar surface area (TPSA) is 87.8 Å². The van der Waals surface area contributed by atoms with Gasteiger partial charge in [0, 0.05) is 36.6 Å². The lowest BCUT2D eigenvalue weighted by Gasteiger charge is -2.10. The van der Waals surface area contributed by atoms with Gasteiger partial charge in [0.15, 0.2) is 0 Å². The zero-order chi connectivity index (χ0) is 16.9. The van der Waals surface area contributed by atoms with Crippen molar-refractivity contribution in [1.82, 2.24) is 20.2 Å². The van der Waals surface area contributed by atoms with Gasteiger partial charge >= 0.3 is 0 Å². The van der Waals surface area contributed by atoms with E-state index in [2.05, 4.69) is 30.8 Å². The molecule has 0 fully saturated rings. The summed E-state index contributed by atoms with van der Waals surface area (Å²) < 4.78 is 32.7. The first-order chi connectivity index (χ1) is 11.7. The van der Waals surface area contributed by atoms with Crippen LogP contribution in [0.25, 0.3) is 0 Å². The maximum absolute atomic E-state index is 13.9. The molecule has 9 heteroatoms. The Kier molecular flexibility index (Phi) is 4.50. The summed E-state index contributed by atoms with van der Waals surface area (Å²) in [4.78, 5) is 8.27. The van der Waals surface area contributed by atoms with Gasteiger partial charge in [-0.05, 0) is 6.07 Å². The number of rotatable bonds is 6. The van der Waals surface area contributed by atoms with Crippen molar-refractivity contribution in [2.45, 2.75) is 6.54 Å². The van der Waals surface area contributed by atoms with E-state index in [4.69, 9.17) is 4.74 Å². The highest BCUT2D eigenvalue weighted by atomic mass is 19.1. The van der Waals surface area contributed by atoms with Crippen molar-refractivity contribution in [1.29, 1.82) is 0 Å². The number of aromatic nitrogens is 4. The number of halogens is 2. The number of hydrogen-bond acceptors (Lipinski definition) is 6. The second-order valence-electron chi connectivity index (χ2n) is 4.80. The van der Waals surface area contributed by atoms with Gasteiger partial charge in [0.2, 0.25) is 5.95 Å². The lowest BCUT2D eigenvalue weighted by molar-refractivity contribution is 0.405. The van der Waals surface area contributed by atoms with E-state index < -0.39 is 11.6 Å². The molecule has 124 valence electrons. The number of methoxy groups -OCH3 is 1. The van der Waals surface area contributed by atoms with E-state index in [9.17, 15) is 8.78 Å². The fraction of sp³-hybridized carbons (Fsp3) is 0.133. The molecule has 2 heterocycles. The number of ether oxygens (including phenoxy) is 1. The summed E-state index contributed by atoms with van der Waals surface area (Å²) in [6.07, 6.45) is 4.75. The van der Waals surface area contributed by atoms with Crippen LogP contribution in [0.15, 0.2) is 36.8 Å². The number of aromatic amines is 1. The molecule has 0 atom stereocenters. The van der Waals surface area contributed by atoms with Crippen LogP contribution in [0.5, 0.6) is 5.75 Å². The smallest absolute Gasteiger partial charge is 0.229 e. The molecule has 2 aromatic heterocycles.